The van der Waals surface area contributed by atoms with E-state index in [-0.39, 0.29) is 11.5 Å². The van der Waals surface area contributed by atoms with Crippen molar-refractivity contribution in [1.82, 2.24) is 14.9 Å². The maximum absolute atomic E-state index is 12.0. The highest BCUT2D eigenvalue weighted by molar-refractivity contribution is 5.94. The molecule has 6 heteroatoms. The van der Waals surface area contributed by atoms with Crippen molar-refractivity contribution in [2.75, 3.05) is 13.7 Å². The summed E-state index contributed by atoms with van der Waals surface area (Å²) in [5, 5.41) is 2.76. The van der Waals surface area contributed by atoms with E-state index >= 15 is 0 Å². The smallest absolute Gasteiger partial charge is 0.253 e. The van der Waals surface area contributed by atoms with Crippen LogP contribution < -0.4 is 15.6 Å². The van der Waals surface area contributed by atoms with Crippen molar-refractivity contribution in [3.8, 4) is 5.75 Å². The van der Waals surface area contributed by atoms with Gasteiger partial charge in [-0.15, -0.1) is 0 Å². The first-order valence-corrected chi connectivity index (χ1v) is 6.55. The van der Waals surface area contributed by atoms with Crippen LogP contribution in [0.15, 0.2) is 41.5 Å². The van der Waals surface area contributed by atoms with E-state index in [1.807, 2.05) is 0 Å². The molecule has 0 aliphatic heterocycles. The predicted octanol–water partition coefficient (Wildman–Crippen LogP) is 0.990. The second-order valence-corrected chi connectivity index (χ2v) is 4.55. The second-order valence-electron chi connectivity index (χ2n) is 4.55. The number of ether oxygens (including phenoxy) is 1. The van der Waals surface area contributed by atoms with Gasteiger partial charge in [-0.3, -0.25) is 14.2 Å². The van der Waals surface area contributed by atoms with Crippen LogP contribution in [-0.2, 0) is 6.54 Å². The first-order chi connectivity index (χ1) is 10.1. The summed E-state index contributed by atoms with van der Waals surface area (Å²) in [7, 11) is 1.55. The van der Waals surface area contributed by atoms with Crippen LogP contribution in [0.25, 0.3) is 0 Å². The lowest BCUT2D eigenvalue weighted by Crippen LogP contribution is -2.30. The zero-order valence-electron chi connectivity index (χ0n) is 12.0. The summed E-state index contributed by atoms with van der Waals surface area (Å²) in [6, 6.07) is 8.35. The van der Waals surface area contributed by atoms with Crippen LogP contribution in [0, 0.1) is 6.92 Å². The van der Waals surface area contributed by atoms with Crippen LogP contribution in [0.4, 0.5) is 0 Å². The number of hydrogen-bond donors (Lipinski definition) is 1. The number of rotatable bonds is 5. The van der Waals surface area contributed by atoms with Gasteiger partial charge in [0, 0.05) is 30.4 Å². The number of carbonyl (C=O) groups excluding carboxylic acids is 1. The number of amides is 1. The Kier molecular flexibility index (Phi) is 4.71. The van der Waals surface area contributed by atoms with Crippen LogP contribution >= 0.6 is 0 Å². The average Bonchev–Trinajstić information content (AvgIpc) is 2.49. The topological polar surface area (TPSA) is 73.2 Å². The second kappa shape index (κ2) is 6.69. The van der Waals surface area contributed by atoms with Gasteiger partial charge in [-0.1, -0.05) is 6.07 Å². The Labute approximate surface area is 122 Å². The van der Waals surface area contributed by atoms with Crippen LogP contribution in [0.1, 0.15) is 16.1 Å². The Morgan fingerprint density at radius 2 is 2.19 bits per heavy atom. The fraction of sp³-hybridized carbons (Fsp3) is 0.267. The minimum atomic E-state index is -0.206. The maximum atomic E-state index is 12.0. The van der Waals surface area contributed by atoms with Crippen molar-refractivity contribution in [1.29, 1.82) is 0 Å². The molecule has 1 amide bonds. The summed E-state index contributed by atoms with van der Waals surface area (Å²) in [6.45, 7) is 2.48. The number of benzene rings is 1. The van der Waals surface area contributed by atoms with Gasteiger partial charge in [-0.25, -0.2) is 4.98 Å². The monoisotopic (exact) mass is 287 g/mol. The summed E-state index contributed by atoms with van der Waals surface area (Å²) in [4.78, 5) is 27.7. The molecule has 0 fully saturated rings. The van der Waals surface area contributed by atoms with E-state index in [4.69, 9.17) is 4.74 Å². The highest BCUT2D eigenvalue weighted by Gasteiger charge is 2.06. The maximum Gasteiger partial charge on any atom is 0.253 e. The molecule has 0 unspecified atom stereocenters. The summed E-state index contributed by atoms with van der Waals surface area (Å²) in [5.74, 6) is 0.420. The van der Waals surface area contributed by atoms with E-state index in [9.17, 15) is 9.59 Å². The molecule has 1 N–H and O–H groups in total. The largest absolute Gasteiger partial charge is 0.497 e. The average molecular weight is 287 g/mol. The molecule has 6 nitrogen and oxygen atoms in total. The van der Waals surface area contributed by atoms with Crippen molar-refractivity contribution < 1.29 is 9.53 Å². The van der Waals surface area contributed by atoms with E-state index in [0.717, 1.165) is 0 Å². The van der Waals surface area contributed by atoms with Gasteiger partial charge in [0.2, 0.25) is 0 Å². The van der Waals surface area contributed by atoms with Crippen LogP contribution in [0.5, 0.6) is 5.75 Å². The molecule has 0 aliphatic carbocycles. The molecule has 2 rings (SSSR count). The minimum Gasteiger partial charge on any atom is -0.497 e. The molecule has 110 valence electrons. The molecule has 1 heterocycles. The van der Waals surface area contributed by atoms with Gasteiger partial charge in [0.05, 0.1) is 13.4 Å². The fourth-order valence-corrected chi connectivity index (χ4v) is 1.84. The van der Waals surface area contributed by atoms with Crippen molar-refractivity contribution in [2.45, 2.75) is 13.5 Å². The number of nitrogens with one attached hydrogen (secondary N) is 1. The van der Waals surface area contributed by atoms with Crippen molar-refractivity contribution >= 4 is 5.91 Å². The summed E-state index contributed by atoms with van der Waals surface area (Å²) in [5.41, 5.74) is 1.07. The third-order valence-electron chi connectivity index (χ3n) is 2.99. The molecule has 21 heavy (non-hydrogen) atoms. The van der Waals surface area contributed by atoms with E-state index in [1.54, 1.807) is 38.3 Å². The summed E-state index contributed by atoms with van der Waals surface area (Å²) < 4.78 is 6.53. The van der Waals surface area contributed by atoms with Crippen LogP contribution in [0.2, 0.25) is 0 Å². The van der Waals surface area contributed by atoms with Crippen LogP contribution in [0.3, 0.4) is 0 Å². The van der Waals surface area contributed by atoms with E-state index < -0.39 is 0 Å². The number of nitrogens with zero attached hydrogens (tertiary/aromatic N) is 2. The number of aryl methyl sites for hydroxylation is 1. The number of hydrogen-bond acceptors (Lipinski definition) is 4. The lowest BCUT2D eigenvalue weighted by molar-refractivity contribution is 0.0952. The minimum absolute atomic E-state index is 0.127. The third kappa shape index (κ3) is 3.92. The molecular weight excluding hydrogens is 270 g/mol. The van der Waals surface area contributed by atoms with Gasteiger partial charge < -0.3 is 10.1 Å². The summed E-state index contributed by atoms with van der Waals surface area (Å²) in [6.07, 6.45) is 1.48. The molecule has 0 saturated carbocycles. The highest BCUT2D eigenvalue weighted by Crippen LogP contribution is 2.12. The standard InChI is InChI=1S/C15H17N3O3/c1-11-8-14(19)18(10-17-11)7-6-16-15(20)12-4-3-5-13(9-12)21-2/h3-5,8-10H,6-7H2,1-2H3,(H,16,20). The number of carbonyl (C=O) groups is 1. The van der Waals surface area contributed by atoms with Crippen molar-refractivity contribution in [3.05, 3.63) is 58.3 Å². The molecule has 1 aromatic heterocycles. The number of methoxy groups -OCH3 is 1. The molecule has 0 bridgehead atoms. The number of aromatic nitrogens is 2. The van der Waals surface area contributed by atoms with Gasteiger partial charge >= 0.3 is 0 Å². The molecule has 0 spiro atoms. The molecule has 0 atom stereocenters. The van der Waals surface area contributed by atoms with Crippen molar-refractivity contribution in [2.24, 2.45) is 0 Å². The Bertz CT molecular complexity index is 695. The first kappa shape index (κ1) is 14.8. The molecule has 2 aromatic rings. The third-order valence-corrected chi connectivity index (χ3v) is 2.99. The molecule has 0 saturated heterocycles. The van der Waals surface area contributed by atoms with Crippen molar-refractivity contribution in [3.63, 3.8) is 0 Å². The summed E-state index contributed by atoms with van der Waals surface area (Å²) >= 11 is 0. The molecular formula is C15H17N3O3. The van der Waals surface area contributed by atoms with Gasteiger partial charge in [0.1, 0.15) is 5.75 Å². The zero-order chi connectivity index (χ0) is 15.2. The lowest BCUT2D eigenvalue weighted by atomic mass is 10.2. The normalized spacial score (nSPS) is 10.2. The predicted molar refractivity (Wildman–Crippen MR) is 78.6 cm³/mol. The Balaban J connectivity index is 1.93. The van der Waals surface area contributed by atoms with Gasteiger partial charge in [-0.2, -0.15) is 0 Å². The van der Waals surface area contributed by atoms with Gasteiger partial charge in [0.25, 0.3) is 11.5 Å². The van der Waals surface area contributed by atoms with Crippen LogP contribution in [-0.4, -0.2) is 29.1 Å². The Morgan fingerprint density at radius 3 is 2.90 bits per heavy atom. The highest BCUT2D eigenvalue weighted by atomic mass is 16.5. The molecule has 0 radical (unpaired) electrons. The molecule has 1 aromatic carbocycles. The SMILES string of the molecule is COc1cccc(C(=O)NCCn2cnc(C)cc2=O)c1. The van der Waals surface area contributed by atoms with E-state index in [1.165, 1.54) is 17.0 Å². The molecule has 0 aliphatic rings. The van der Waals surface area contributed by atoms with E-state index in [2.05, 4.69) is 10.3 Å². The van der Waals surface area contributed by atoms with Gasteiger partial charge in [0.15, 0.2) is 0 Å². The van der Waals surface area contributed by atoms with E-state index in [0.29, 0.717) is 30.1 Å². The Morgan fingerprint density at radius 1 is 1.38 bits per heavy atom. The quantitative estimate of drug-likeness (QED) is 0.890. The Hall–Kier alpha value is -2.63. The van der Waals surface area contributed by atoms with Gasteiger partial charge in [-0.05, 0) is 25.1 Å². The fourth-order valence-electron chi connectivity index (χ4n) is 1.84. The lowest BCUT2D eigenvalue weighted by Gasteiger charge is -2.08. The zero-order valence-corrected chi connectivity index (χ0v) is 12.0. The first-order valence-electron chi connectivity index (χ1n) is 6.55.